The minimum absolute atomic E-state index is 0.214. The van der Waals surface area contributed by atoms with Crippen molar-refractivity contribution in [2.75, 3.05) is 39.0 Å². The Labute approximate surface area is 164 Å². The number of sulfone groups is 1. The van der Waals surface area contributed by atoms with Crippen LogP contribution in [0.1, 0.15) is 51.6 Å². The SMILES string of the molecule is CC(C)Cn1c(CN2CCC(CN3CCCCC3)CC2)cnc1S(C)(=O)=O. The van der Waals surface area contributed by atoms with E-state index in [-0.39, 0.29) is 5.16 Å². The Kier molecular flexibility index (Phi) is 6.98. The molecule has 154 valence electrons. The van der Waals surface area contributed by atoms with Crippen LogP contribution in [0.4, 0.5) is 0 Å². The number of nitrogens with zero attached hydrogens (tertiary/aromatic N) is 4. The molecule has 3 rings (SSSR count). The molecule has 2 fully saturated rings. The number of hydrogen-bond acceptors (Lipinski definition) is 5. The molecule has 0 atom stereocenters. The molecule has 0 aromatic carbocycles. The minimum atomic E-state index is -3.30. The van der Waals surface area contributed by atoms with Crippen molar-refractivity contribution < 1.29 is 8.42 Å². The molecule has 2 aliphatic rings. The van der Waals surface area contributed by atoms with Gasteiger partial charge in [0.05, 0.1) is 11.9 Å². The Morgan fingerprint density at radius 2 is 1.74 bits per heavy atom. The number of piperidine rings is 2. The van der Waals surface area contributed by atoms with E-state index in [9.17, 15) is 8.42 Å². The third kappa shape index (κ3) is 5.78. The van der Waals surface area contributed by atoms with Crippen LogP contribution >= 0.6 is 0 Å². The first-order valence-corrected chi connectivity index (χ1v) is 12.4. The van der Waals surface area contributed by atoms with Crippen LogP contribution in [-0.2, 0) is 22.9 Å². The average molecular weight is 397 g/mol. The van der Waals surface area contributed by atoms with Crippen LogP contribution in [0.5, 0.6) is 0 Å². The second-order valence-corrected chi connectivity index (χ2v) is 10.8. The number of imidazole rings is 1. The fourth-order valence-corrected chi connectivity index (χ4v) is 5.27. The van der Waals surface area contributed by atoms with E-state index < -0.39 is 9.84 Å². The highest BCUT2D eigenvalue weighted by molar-refractivity contribution is 7.90. The zero-order valence-corrected chi connectivity index (χ0v) is 18.0. The summed E-state index contributed by atoms with van der Waals surface area (Å²) in [7, 11) is -3.30. The van der Waals surface area contributed by atoms with E-state index in [1.54, 1.807) is 6.20 Å². The van der Waals surface area contributed by atoms with Gasteiger partial charge in [0.2, 0.25) is 15.0 Å². The van der Waals surface area contributed by atoms with Crippen LogP contribution in [0, 0.1) is 11.8 Å². The van der Waals surface area contributed by atoms with Crippen molar-refractivity contribution in [3.05, 3.63) is 11.9 Å². The Morgan fingerprint density at radius 3 is 2.33 bits per heavy atom. The first-order chi connectivity index (χ1) is 12.8. The van der Waals surface area contributed by atoms with Gasteiger partial charge in [-0.05, 0) is 63.7 Å². The monoisotopic (exact) mass is 396 g/mol. The topological polar surface area (TPSA) is 58.4 Å². The predicted octanol–water partition coefficient (Wildman–Crippen LogP) is 2.64. The summed E-state index contributed by atoms with van der Waals surface area (Å²) in [6, 6.07) is 0. The average Bonchev–Trinajstić information content (AvgIpc) is 2.99. The van der Waals surface area contributed by atoms with Crippen LogP contribution in [0.25, 0.3) is 0 Å². The molecule has 0 spiro atoms. The van der Waals surface area contributed by atoms with Gasteiger partial charge in [-0.1, -0.05) is 20.3 Å². The predicted molar refractivity (Wildman–Crippen MR) is 108 cm³/mol. The van der Waals surface area contributed by atoms with Crippen molar-refractivity contribution in [1.82, 2.24) is 19.4 Å². The van der Waals surface area contributed by atoms with Gasteiger partial charge in [0.15, 0.2) is 0 Å². The van der Waals surface area contributed by atoms with E-state index in [0.29, 0.717) is 12.5 Å². The van der Waals surface area contributed by atoms with Crippen molar-refractivity contribution >= 4 is 9.84 Å². The number of aromatic nitrogens is 2. The Morgan fingerprint density at radius 1 is 1.07 bits per heavy atom. The third-order valence-corrected chi connectivity index (χ3v) is 6.83. The van der Waals surface area contributed by atoms with Gasteiger partial charge >= 0.3 is 0 Å². The standard InChI is InChI=1S/C20H36N4O2S/c1-17(2)14-24-19(13-21-20(24)27(3,25)26)16-23-11-7-18(8-12-23)15-22-9-5-4-6-10-22/h13,17-18H,4-12,14-16H2,1-3H3. The van der Waals surface area contributed by atoms with Gasteiger partial charge in [0, 0.05) is 25.9 Å². The van der Waals surface area contributed by atoms with Gasteiger partial charge in [-0.3, -0.25) is 4.90 Å². The maximum atomic E-state index is 12.1. The minimum Gasteiger partial charge on any atom is -0.317 e. The van der Waals surface area contributed by atoms with Crippen molar-refractivity contribution in [3.8, 4) is 0 Å². The van der Waals surface area contributed by atoms with Crippen molar-refractivity contribution in [1.29, 1.82) is 0 Å². The maximum Gasteiger partial charge on any atom is 0.227 e. The molecule has 2 saturated heterocycles. The molecule has 0 amide bonds. The lowest BCUT2D eigenvalue weighted by Gasteiger charge is -2.36. The molecule has 2 aliphatic heterocycles. The summed E-state index contributed by atoms with van der Waals surface area (Å²) >= 11 is 0. The molecular weight excluding hydrogens is 360 g/mol. The van der Waals surface area contributed by atoms with Crippen molar-refractivity contribution in [2.45, 2.75) is 64.2 Å². The molecular formula is C20H36N4O2S. The zero-order valence-electron chi connectivity index (χ0n) is 17.2. The molecule has 1 aromatic rings. The highest BCUT2D eigenvalue weighted by Crippen LogP contribution is 2.23. The summed E-state index contributed by atoms with van der Waals surface area (Å²) in [4.78, 5) is 9.36. The molecule has 27 heavy (non-hydrogen) atoms. The van der Waals surface area contributed by atoms with E-state index >= 15 is 0 Å². The van der Waals surface area contributed by atoms with Crippen LogP contribution in [0.2, 0.25) is 0 Å². The van der Waals surface area contributed by atoms with Gasteiger partial charge in [0.25, 0.3) is 0 Å². The van der Waals surface area contributed by atoms with Gasteiger partial charge < -0.3 is 9.47 Å². The first-order valence-electron chi connectivity index (χ1n) is 10.5. The normalized spacial score (nSPS) is 21.2. The summed E-state index contributed by atoms with van der Waals surface area (Å²) in [6.45, 7) is 11.7. The van der Waals surface area contributed by atoms with Crippen molar-refractivity contribution in [2.24, 2.45) is 11.8 Å². The molecule has 0 N–H and O–H groups in total. The zero-order chi connectivity index (χ0) is 19.4. The molecule has 0 saturated carbocycles. The molecule has 0 bridgehead atoms. The third-order valence-electron chi connectivity index (χ3n) is 5.84. The van der Waals surface area contributed by atoms with Gasteiger partial charge in [-0.25, -0.2) is 13.4 Å². The summed E-state index contributed by atoms with van der Waals surface area (Å²) in [6.07, 6.45) is 9.62. The summed E-state index contributed by atoms with van der Waals surface area (Å²) in [5.74, 6) is 1.19. The quantitative estimate of drug-likeness (QED) is 0.709. The van der Waals surface area contributed by atoms with Gasteiger partial charge in [0.1, 0.15) is 0 Å². The Balaban J connectivity index is 1.57. The molecule has 6 nitrogen and oxygen atoms in total. The van der Waals surface area contributed by atoms with Gasteiger partial charge in [-0.2, -0.15) is 0 Å². The van der Waals surface area contributed by atoms with Crippen LogP contribution in [0.3, 0.4) is 0 Å². The van der Waals surface area contributed by atoms with E-state index in [1.165, 1.54) is 58.0 Å². The van der Waals surface area contributed by atoms with Crippen LogP contribution in [0.15, 0.2) is 11.4 Å². The van der Waals surface area contributed by atoms with Gasteiger partial charge in [-0.15, -0.1) is 0 Å². The molecule has 0 unspecified atom stereocenters. The highest BCUT2D eigenvalue weighted by Gasteiger charge is 2.25. The molecule has 1 aromatic heterocycles. The van der Waals surface area contributed by atoms with Crippen LogP contribution < -0.4 is 0 Å². The smallest absolute Gasteiger partial charge is 0.227 e. The molecule has 0 radical (unpaired) electrons. The summed E-state index contributed by atoms with van der Waals surface area (Å²) < 4.78 is 26.1. The first kappa shape index (κ1) is 20.8. The highest BCUT2D eigenvalue weighted by atomic mass is 32.2. The van der Waals surface area contributed by atoms with E-state index in [4.69, 9.17) is 0 Å². The molecule has 0 aliphatic carbocycles. The summed E-state index contributed by atoms with van der Waals surface area (Å²) in [5.41, 5.74) is 1.03. The molecule has 3 heterocycles. The number of likely N-dealkylation sites (tertiary alicyclic amines) is 2. The lowest BCUT2D eigenvalue weighted by molar-refractivity contribution is 0.126. The maximum absolute atomic E-state index is 12.1. The van der Waals surface area contributed by atoms with E-state index in [0.717, 1.165) is 31.2 Å². The lowest BCUT2D eigenvalue weighted by Crippen LogP contribution is -2.40. The Hall–Kier alpha value is -0.920. The number of rotatable bonds is 7. The number of hydrogen-bond donors (Lipinski definition) is 0. The fourth-order valence-electron chi connectivity index (χ4n) is 4.44. The molecule has 7 heteroatoms. The fraction of sp³-hybridized carbons (Fsp3) is 0.850. The Bertz CT molecular complexity index is 700. The summed E-state index contributed by atoms with van der Waals surface area (Å²) in [5, 5.41) is 0.214. The van der Waals surface area contributed by atoms with E-state index in [2.05, 4.69) is 28.6 Å². The second kappa shape index (κ2) is 9.05. The van der Waals surface area contributed by atoms with Crippen LogP contribution in [-0.4, -0.2) is 66.7 Å². The second-order valence-electron chi connectivity index (χ2n) is 8.89. The van der Waals surface area contributed by atoms with E-state index in [1.807, 2.05) is 4.57 Å². The largest absolute Gasteiger partial charge is 0.317 e. The van der Waals surface area contributed by atoms with Crippen molar-refractivity contribution in [3.63, 3.8) is 0 Å². The lowest BCUT2D eigenvalue weighted by atomic mass is 9.95.